The number of non-ortho nitro benzene ring substituents is 1. The van der Waals surface area contributed by atoms with E-state index in [0.29, 0.717) is 11.5 Å². The van der Waals surface area contributed by atoms with Gasteiger partial charge < -0.3 is 4.74 Å². The Labute approximate surface area is 111 Å². The first-order chi connectivity index (χ1) is 9.06. The van der Waals surface area contributed by atoms with Crippen LogP contribution in [0, 0.1) is 16.0 Å². The van der Waals surface area contributed by atoms with E-state index >= 15 is 0 Å². The van der Waals surface area contributed by atoms with Crippen molar-refractivity contribution in [2.75, 3.05) is 0 Å². The van der Waals surface area contributed by atoms with Gasteiger partial charge in [0, 0.05) is 12.1 Å². The molecule has 1 fully saturated rings. The fourth-order valence-electron chi connectivity index (χ4n) is 2.42. The molecule has 0 N–H and O–H groups in total. The Bertz CT molecular complexity index is 469. The van der Waals surface area contributed by atoms with Crippen molar-refractivity contribution < 1.29 is 14.5 Å². The average molecular weight is 263 g/mol. The summed E-state index contributed by atoms with van der Waals surface area (Å²) in [5.74, 6) is 0.192. The van der Waals surface area contributed by atoms with E-state index in [-0.39, 0.29) is 11.8 Å². The minimum absolute atomic E-state index is 0.0218. The highest BCUT2D eigenvalue weighted by molar-refractivity contribution is 5.89. The zero-order valence-corrected chi connectivity index (χ0v) is 10.9. The fourth-order valence-corrected chi connectivity index (χ4v) is 2.42. The smallest absolute Gasteiger partial charge is 0.338 e. The van der Waals surface area contributed by atoms with Crippen LogP contribution in [0.2, 0.25) is 0 Å². The Morgan fingerprint density at radius 2 is 2.00 bits per heavy atom. The van der Waals surface area contributed by atoms with Crippen molar-refractivity contribution in [3.63, 3.8) is 0 Å². The van der Waals surface area contributed by atoms with Crippen LogP contribution in [0.5, 0.6) is 0 Å². The first-order valence-corrected chi connectivity index (χ1v) is 6.51. The average Bonchev–Trinajstić information content (AvgIpc) is 2.39. The molecule has 5 nitrogen and oxygen atoms in total. The molecule has 1 saturated carbocycles. The maximum atomic E-state index is 11.9. The van der Waals surface area contributed by atoms with E-state index in [1.807, 2.05) is 0 Å². The van der Waals surface area contributed by atoms with Crippen molar-refractivity contribution in [3.05, 3.63) is 39.9 Å². The summed E-state index contributed by atoms with van der Waals surface area (Å²) in [6.07, 6.45) is 4.05. The monoisotopic (exact) mass is 263 g/mol. The summed E-state index contributed by atoms with van der Waals surface area (Å²) < 4.78 is 5.44. The zero-order chi connectivity index (χ0) is 13.8. The van der Waals surface area contributed by atoms with Crippen LogP contribution in [0.3, 0.4) is 0 Å². The van der Waals surface area contributed by atoms with E-state index < -0.39 is 10.9 Å². The van der Waals surface area contributed by atoms with Gasteiger partial charge >= 0.3 is 5.97 Å². The largest absolute Gasteiger partial charge is 0.459 e. The highest BCUT2D eigenvalue weighted by Gasteiger charge is 2.22. The SMILES string of the molecule is CC1CCCC(OC(=O)c2ccc([N+](=O)[O-])cc2)C1. The maximum Gasteiger partial charge on any atom is 0.338 e. The molecule has 0 aliphatic heterocycles. The first-order valence-electron chi connectivity index (χ1n) is 6.51. The van der Waals surface area contributed by atoms with Gasteiger partial charge in [-0.25, -0.2) is 4.79 Å². The molecule has 0 amide bonds. The van der Waals surface area contributed by atoms with Crippen molar-refractivity contribution in [1.82, 2.24) is 0 Å². The van der Waals surface area contributed by atoms with Gasteiger partial charge in [0.2, 0.25) is 0 Å². The second-order valence-electron chi connectivity index (χ2n) is 5.10. The summed E-state index contributed by atoms with van der Waals surface area (Å²) in [5.41, 5.74) is 0.340. The molecule has 102 valence electrons. The second kappa shape index (κ2) is 5.82. The van der Waals surface area contributed by atoms with Crippen LogP contribution < -0.4 is 0 Å². The Kier molecular flexibility index (Phi) is 4.14. The molecule has 1 aromatic rings. The number of esters is 1. The lowest BCUT2D eigenvalue weighted by Crippen LogP contribution is -2.24. The third-order valence-electron chi connectivity index (χ3n) is 3.48. The van der Waals surface area contributed by atoms with Crippen molar-refractivity contribution in [2.24, 2.45) is 5.92 Å². The highest BCUT2D eigenvalue weighted by Crippen LogP contribution is 2.26. The summed E-state index contributed by atoms with van der Waals surface area (Å²) in [4.78, 5) is 21.9. The van der Waals surface area contributed by atoms with Crippen molar-refractivity contribution in [3.8, 4) is 0 Å². The number of hydrogen-bond donors (Lipinski definition) is 0. The van der Waals surface area contributed by atoms with E-state index in [4.69, 9.17) is 4.74 Å². The lowest BCUT2D eigenvalue weighted by atomic mass is 9.89. The molecule has 2 atom stereocenters. The highest BCUT2D eigenvalue weighted by atomic mass is 16.6. The van der Waals surface area contributed by atoms with Gasteiger partial charge in [-0.05, 0) is 37.3 Å². The third-order valence-corrected chi connectivity index (χ3v) is 3.48. The zero-order valence-electron chi connectivity index (χ0n) is 10.9. The van der Waals surface area contributed by atoms with Gasteiger partial charge in [0.05, 0.1) is 10.5 Å². The number of carbonyl (C=O) groups excluding carboxylic acids is 1. The Balaban J connectivity index is 1.97. The van der Waals surface area contributed by atoms with Gasteiger partial charge in [-0.1, -0.05) is 13.3 Å². The number of nitro groups is 1. The predicted molar refractivity (Wildman–Crippen MR) is 69.9 cm³/mol. The van der Waals surface area contributed by atoms with Gasteiger partial charge in [0.25, 0.3) is 5.69 Å². The number of rotatable bonds is 3. The maximum absolute atomic E-state index is 11.9. The van der Waals surface area contributed by atoms with Crippen LogP contribution in [0.25, 0.3) is 0 Å². The predicted octanol–water partition coefficient (Wildman–Crippen LogP) is 3.33. The first kappa shape index (κ1) is 13.5. The summed E-state index contributed by atoms with van der Waals surface area (Å²) >= 11 is 0. The van der Waals surface area contributed by atoms with Crippen LogP contribution in [0.1, 0.15) is 43.0 Å². The lowest BCUT2D eigenvalue weighted by Gasteiger charge is -2.26. The van der Waals surface area contributed by atoms with Gasteiger partial charge in [-0.2, -0.15) is 0 Å². The van der Waals surface area contributed by atoms with Crippen molar-refractivity contribution >= 4 is 11.7 Å². The molecule has 0 heterocycles. The molecule has 0 radical (unpaired) electrons. The molecular formula is C14H17NO4. The standard InChI is InChI=1S/C14H17NO4/c1-10-3-2-4-13(9-10)19-14(16)11-5-7-12(8-6-11)15(17)18/h5-8,10,13H,2-4,9H2,1H3. The summed E-state index contributed by atoms with van der Waals surface area (Å²) in [5, 5.41) is 10.5. The van der Waals surface area contributed by atoms with E-state index in [1.165, 1.54) is 30.7 Å². The molecule has 2 unspecified atom stereocenters. The van der Waals surface area contributed by atoms with Crippen LogP contribution >= 0.6 is 0 Å². The number of carbonyl (C=O) groups is 1. The summed E-state index contributed by atoms with van der Waals surface area (Å²) in [6.45, 7) is 2.16. The fraction of sp³-hybridized carbons (Fsp3) is 0.500. The van der Waals surface area contributed by atoms with Gasteiger partial charge in [-0.3, -0.25) is 10.1 Å². The molecule has 1 aliphatic rings. The van der Waals surface area contributed by atoms with Crippen LogP contribution in [-0.2, 0) is 4.74 Å². The van der Waals surface area contributed by atoms with E-state index in [0.717, 1.165) is 19.3 Å². The van der Waals surface area contributed by atoms with Crippen molar-refractivity contribution in [1.29, 1.82) is 0 Å². The quantitative estimate of drug-likeness (QED) is 0.476. The van der Waals surface area contributed by atoms with Gasteiger partial charge in [0.1, 0.15) is 6.10 Å². The number of nitro benzene ring substituents is 1. The molecule has 19 heavy (non-hydrogen) atoms. The van der Waals surface area contributed by atoms with E-state index in [9.17, 15) is 14.9 Å². The Hall–Kier alpha value is -1.91. The molecule has 5 heteroatoms. The number of benzene rings is 1. The Morgan fingerprint density at radius 3 is 2.58 bits per heavy atom. The number of nitrogens with zero attached hydrogens (tertiary/aromatic N) is 1. The topological polar surface area (TPSA) is 69.4 Å². The molecule has 1 aliphatic carbocycles. The van der Waals surface area contributed by atoms with E-state index in [2.05, 4.69) is 6.92 Å². The third kappa shape index (κ3) is 3.53. The van der Waals surface area contributed by atoms with Crippen LogP contribution in [0.15, 0.2) is 24.3 Å². The van der Waals surface area contributed by atoms with Crippen LogP contribution in [0.4, 0.5) is 5.69 Å². The Morgan fingerprint density at radius 1 is 1.32 bits per heavy atom. The minimum Gasteiger partial charge on any atom is -0.459 e. The van der Waals surface area contributed by atoms with E-state index in [1.54, 1.807) is 0 Å². The number of hydrogen-bond acceptors (Lipinski definition) is 4. The molecule has 1 aromatic carbocycles. The molecule has 0 aromatic heterocycles. The summed E-state index contributed by atoms with van der Waals surface area (Å²) in [6, 6.07) is 5.51. The van der Waals surface area contributed by atoms with Gasteiger partial charge in [-0.15, -0.1) is 0 Å². The molecule has 2 rings (SSSR count). The lowest BCUT2D eigenvalue weighted by molar-refractivity contribution is -0.384. The normalized spacial score (nSPS) is 22.8. The summed E-state index contributed by atoms with van der Waals surface area (Å²) in [7, 11) is 0. The van der Waals surface area contributed by atoms with Gasteiger partial charge in [0.15, 0.2) is 0 Å². The molecular weight excluding hydrogens is 246 g/mol. The molecule has 0 saturated heterocycles. The number of ether oxygens (including phenoxy) is 1. The molecule has 0 spiro atoms. The van der Waals surface area contributed by atoms with Crippen LogP contribution in [-0.4, -0.2) is 17.0 Å². The minimum atomic E-state index is -0.488. The van der Waals surface area contributed by atoms with Crippen molar-refractivity contribution in [2.45, 2.75) is 38.7 Å². The molecule has 0 bridgehead atoms. The second-order valence-corrected chi connectivity index (χ2v) is 5.10.